The molecular formula is C15H20N4O. The Hall–Kier alpha value is -2.30. The SMILES string of the molecule is CCc1ccc(N(C)C(=O)c2n[nH]c(CC)c2N)cc1. The molecule has 0 atom stereocenters. The number of nitrogens with one attached hydrogen (secondary N) is 1. The van der Waals surface area contributed by atoms with Crippen LogP contribution in [-0.4, -0.2) is 23.2 Å². The van der Waals surface area contributed by atoms with Crippen LogP contribution in [-0.2, 0) is 12.8 Å². The third-order valence-corrected chi connectivity index (χ3v) is 3.48. The third kappa shape index (κ3) is 2.52. The Morgan fingerprint density at radius 1 is 1.25 bits per heavy atom. The van der Waals surface area contributed by atoms with Crippen molar-refractivity contribution in [1.29, 1.82) is 0 Å². The molecule has 0 saturated heterocycles. The lowest BCUT2D eigenvalue weighted by molar-refractivity contribution is 0.0989. The number of hydrogen-bond acceptors (Lipinski definition) is 3. The molecule has 0 spiro atoms. The number of aryl methyl sites for hydroxylation is 2. The number of carbonyl (C=O) groups excluding carboxylic acids is 1. The topological polar surface area (TPSA) is 75.0 Å². The number of H-pyrrole nitrogens is 1. The highest BCUT2D eigenvalue weighted by Crippen LogP contribution is 2.20. The molecule has 2 aromatic rings. The molecule has 0 aliphatic heterocycles. The van der Waals surface area contributed by atoms with E-state index in [9.17, 15) is 4.79 Å². The van der Waals surface area contributed by atoms with E-state index in [0.717, 1.165) is 24.2 Å². The van der Waals surface area contributed by atoms with Crippen molar-refractivity contribution in [2.45, 2.75) is 26.7 Å². The minimum absolute atomic E-state index is 0.206. The summed E-state index contributed by atoms with van der Waals surface area (Å²) in [5.41, 5.74) is 9.51. The number of rotatable bonds is 4. The Morgan fingerprint density at radius 2 is 1.90 bits per heavy atom. The van der Waals surface area contributed by atoms with Gasteiger partial charge in [-0.3, -0.25) is 9.89 Å². The van der Waals surface area contributed by atoms with Crippen molar-refractivity contribution in [3.63, 3.8) is 0 Å². The first kappa shape index (κ1) is 14.1. The zero-order chi connectivity index (χ0) is 14.7. The molecule has 1 aromatic carbocycles. The highest BCUT2D eigenvalue weighted by molar-refractivity contribution is 6.07. The molecule has 0 aliphatic carbocycles. The fourth-order valence-electron chi connectivity index (χ4n) is 2.05. The van der Waals surface area contributed by atoms with Crippen molar-refractivity contribution < 1.29 is 4.79 Å². The van der Waals surface area contributed by atoms with Crippen LogP contribution in [0.5, 0.6) is 0 Å². The van der Waals surface area contributed by atoms with Gasteiger partial charge >= 0.3 is 0 Å². The van der Waals surface area contributed by atoms with Crippen LogP contribution in [0.4, 0.5) is 11.4 Å². The zero-order valence-corrected chi connectivity index (χ0v) is 12.1. The second-order valence-corrected chi connectivity index (χ2v) is 4.70. The summed E-state index contributed by atoms with van der Waals surface area (Å²) < 4.78 is 0. The molecule has 2 rings (SSSR count). The molecule has 3 N–H and O–H groups in total. The van der Waals surface area contributed by atoms with Crippen molar-refractivity contribution in [3.05, 3.63) is 41.2 Å². The normalized spacial score (nSPS) is 10.6. The van der Waals surface area contributed by atoms with Crippen LogP contribution >= 0.6 is 0 Å². The van der Waals surface area contributed by atoms with Crippen LogP contribution in [0.25, 0.3) is 0 Å². The van der Waals surface area contributed by atoms with Crippen molar-refractivity contribution in [1.82, 2.24) is 10.2 Å². The summed E-state index contributed by atoms with van der Waals surface area (Å²) in [6, 6.07) is 7.90. The fourth-order valence-corrected chi connectivity index (χ4v) is 2.05. The van der Waals surface area contributed by atoms with E-state index < -0.39 is 0 Å². The van der Waals surface area contributed by atoms with Crippen molar-refractivity contribution in [2.75, 3.05) is 17.7 Å². The number of aromatic amines is 1. The molecule has 5 heteroatoms. The van der Waals surface area contributed by atoms with E-state index in [1.807, 2.05) is 31.2 Å². The maximum absolute atomic E-state index is 12.4. The molecule has 20 heavy (non-hydrogen) atoms. The molecular weight excluding hydrogens is 252 g/mol. The van der Waals surface area contributed by atoms with Crippen molar-refractivity contribution in [3.8, 4) is 0 Å². The first-order valence-electron chi connectivity index (χ1n) is 6.78. The summed E-state index contributed by atoms with van der Waals surface area (Å²) in [7, 11) is 1.73. The van der Waals surface area contributed by atoms with E-state index in [2.05, 4.69) is 17.1 Å². The van der Waals surface area contributed by atoms with Gasteiger partial charge in [0.05, 0.1) is 11.4 Å². The number of aromatic nitrogens is 2. The van der Waals surface area contributed by atoms with Gasteiger partial charge in [-0.15, -0.1) is 0 Å². The summed E-state index contributed by atoms with van der Waals surface area (Å²) in [6.45, 7) is 4.06. The average Bonchev–Trinajstić information content (AvgIpc) is 2.86. The quantitative estimate of drug-likeness (QED) is 0.897. The molecule has 0 bridgehead atoms. The van der Waals surface area contributed by atoms with E-state index >= 15 is 0 Å². The average molecular weight is 272 g/mol. The van der Waals surface area contributed by atoms with Gasteiger partial charge in [-0.05, 0) is 30.5 Å². The van der Waals surface area contributed by atoms with Crippen LogP contribution in [0.1, 0.15) is 35.6 Å². The zero-order valence-electron chi connectivity index (χ0n) is 12.1. The third-order valence-electron chi connectivity index (χ3n) is 3.48. The van der Waals surface area contributed by atoms with Gasteiger partial charge in [0.15, 0.2) is 5.69 Å². The molecule has 0 unspecified atom stereocenters. The second kappa shape index (κ2) is 5.77. The lowest BCUT2D eigenvalue weighted by Crippen LogP contribution is -2.27. The van der Waals surface area contributed by atoms with Crippen LogP contribution < -0.4 is 10.6 Å². The van der Waals surface area contributed by atoms with Gasteiger partial charge in [0, 0.05) is 12.7 Å². The summed E-state index contributed by atoms with van der Waals surface area (Å²) in [5.74, 6) is -0.206. The van der Waals surface area contributed by atoms with Crippen LogP contribution in [0.15, 0.2) is 24.3 Å². The summed E-state index contributed by atoms with van der Waals surface area (Å²) in [4.78, 5) is 14.0. The van der Waals surface area contributed by atoms with Gasteiger partial charge < -0.3 is 10.6 Å². The predicted octanol–water partition coefficient (Wildman–Crippen LogP) is 2.39. The van der Waals surface area contributed by atoms with E-state index in [1.165, 1.54) is 5.56 Å². The monoisotopic (exact) mass is 272 g/mol. The van der Waals surface area contributed by atoms with Gasteiger partial charge in [0.1, 0.15) is 0 Å². The second-order valence-electron chi connectivity index (χ2n) is 4.70. The van der Waals surface area contributed by atoms with Crippen LogP contribution in [0, 0.1) is 0 Å². The van der Waals surface area contributed by atoms with Crippen molar-refractivity contribution in [2.24, 2.45) is 0 Å². The lowest BCUT2D eigenvalue weighted by Gasteiger charge is -2.16. The molecule has 1 amide bonds. The Bertz CT molecular complexity index is 601. The number of nitrogens with two attached hydrogens (primary N) is 1. The number of benzene rings is 1. The van der Waals surface area contributed by atoms with Gasteiger partial charge in [0.2, 0.25) is 0 Å². The summed E-state index contributed by atoms with van der Waals surface area (Å²) >= 11 is 0. The van der Waals surface area contributed by atoms with Crippen LogP contribution in [0.3, 0.4) is 0 Å². The first-order valence-corrected chi connectivity index (χ1v) is 6.78. The van der Waals surface area contributed by atoms with E-state index in [0.29, 0.717) is 5.69 Å². The van der Waals surface area contributed by atoms with Gasteiger partial charge in [0.25, 0.3) is 5.91 Å². The Balaban J connectivity index is 2.24. The molecule has 1 aromatic heterocycles. The maximum atomic E-state index is 12.4. The number of nitrogen functional groups attached to an aromatic ring is 1. The van der Waals surface area contributed by atoms with Gasteiger partial charge in [-0.2, -0.15) is 5.10 Å². The smallest absolute Gasteiger partial charge is 0.280 e. The van der Waals surface area contributed by atoms with E-state index in [-0.39, 0.29) is 11.6 Å². The maximum Gasteiger partial charge on any atom is 0.280 e. The Morgan fingerprint density at radius 3 is 2.40 bits per heavy atom. The molecule has 5 nitrogen and oxygen atoms in total. The Labute approximate surface area is 118 Å². The number of carbonyl (C=O) groups is 1. The minimum Gasteiger partial charge on any atom is -0.395 e. The summed E-state index contributed by atoms with van der Waals surface area (Å²) in [6.07, 6.45) is 1.70. The predicted molar refractivity (Wildman–Crippen MR) is 80.9 cm³/mol. The van der Waals surface area contributed by atoms with Gasteiger partial charge in [-0.25, -0.2) is 0 Å². The molecule has 1 heterocycles. The number of amides is 1. The number of nitrogens with zero attached hydrogens (tertiary/aromatic N) is 2. The lowest BCUT2D eigenvalue weighted by atomic mass is 10.1. The van der Waals surface area contributed by atoms with Crippen molar-refractivity contribution >= 4 is 17.3 Å². The Kier molecular flexibility index (Phi) is 4.08. The largest absolute Gasteiger partial charge is 0.395 e. The highest BCUT2D eigenvalue weighted by Gasteiger charge is 2.20. The highest BCUT2D eigenvalue weighted by atomic mass is 16.2. The molecule has 106 valence electrons. The number of anilines is 2. The van der Waals surface area contributed by atoms with Gasteiger partial charge in [-0.1, -0.05) is 26.0 Å². The first-order chi connectivity index (χ1) is 9.58. The minimum atomic E-state index is -0.206. The fraction of sp³-hybridized carbons (Fsp3) is 0.333. The summed E-state index contributed by atoms with van der Waals surface area (Å²) in [5, 5.41) is 6.83. The molecule has 0 aliphatic rings. The van der Waals surface area contributed by atoms with E-state index in [4.69, 9.17) is 5.73 Å². The van der Waals surface area contributed by atoms with E-state index in [1.54, 1.807) is 11.9 Å². The number of hydrogen-bond donors (Lipinski definition) is 2. The standard InChI is InChI=1S/C15H20N4O/c1-4-10-6-8-11(9-7-10)19(3)15(20)14-13(16)12(5-2)17-18-14/h6-9H,4-5,16H2,1-3H3,(H,17,18). The molecule has 0 radical (unpaired) electrons. The van der Waals surface area contributed by atoms with Crippen LogP contribution in [0.2, 0.25) is 0 Å². The molecule has 0 saturated carbocycles. The molecule has 0 fully saturated rings.